The third kappa shape index (κ3) is 2.66. The van der Waals surface area contributed by atoms with Gasteiger partial charge in [0.2, 0.25) is 0 Å². The fraction of sp³-hybridized carbons (Fsp3) is 0.562. The van der Waals surface area contributed by atoms with Crippen molar-refractivity contribution in [1.29, 1.82) is 0 Å². The van der Waals surface area contributed by atoms with Crippen LogP contribution in [0.25, 0.3) is 0 Å². The number of anilines is 1. The first-order chi connectivity index (χ1) is 9.78. The summed E-state index contributed by atoms with van der Waals surface area (Å²) in [6.07, 6.45) is 2.08. The summed E-state index contributed by atoms with van der Waals surface area (Å²) in [4.78, 5) is 14.6. The van der Waals surface area contributed by atoms with E-state index in [4.69, 9.17) is 4.74 Å². The molecule has 2 aliphatic rings. The highest BCUT2D eigenvalue weighted by atomic mass is 16.5. The second-order valence-corrected chi connectivity index (χ2v) is 5.62. The first kappa shape index (κ1) is 13.4. The van der Waals surface area contributed by atoms with Crippen LogP contribution in [0.15, 0.2) is 18.2 Å². The third-order valence-electron chi connectivity index (χ3n) is 4.23. The highest BCUT2D eigenvalue weighted by molar-refractivity contribution is 5.95. The molecule has 1 atom stereocenters. The van der Waals surface area contributed by atoms with Crippen molar-refractivity contribution in [3.8, 4) is 0 Å². The van der Waals surface area contributed by atoms with Gasteiger partial charge in [0.25, 0.3) is 5.91 Å². The van der Waals surface area contributed by atoms with E-state index < -0.39 is 0 Å². The number of amides is 1. The van der Waals surface area contributed by atoms with Crippen molar-refractivity contribution >= 4 is 11.6 Å². The molecule has 2 heterocycles. The van der Waals surface area contributed by atoms with Crippen molar-refractivity contribution in [3.63, 3.8) is 0 Å². The average molecular weight is 274 g/mol. The molecular weight excluding hydrogens is 252 g/mol. The Morgan fingerprint density at radius 3 is 3.15 bits per heavy atom. The standard InChI is InChI=1S/C16H22N2O2/c1-2-18(10-12-6-8-20-11-12)16(19)14-3-4-15-13(9-14)5-7-17-15/h3-4,9,12,17H,2,5-8,10-11H2,1H3/t12-/m0/s1. The minimum atomic E-state index is 0.147. The normalized spacial score (nSPS) is 20.6. The second-order valence-electron chi connectivity index (χ2n) is 5.62. The Balaban J connectivity index is 1.72. The van der Waals surface area contributed by atoms with Crippen molar-refractivity contribution in [2.75, 3.05) is 38.2 Å². The number of nitrogens with zero attached hydrogens (tertiary/aromatic N) is 1. The molecular formula is C16H22N2O2. The van der Waals surface area contributed by atoms with Crippen LogP contribution in [0, 0.1) is 5.92 Å². The molecule has 1 saturated heterocycles. The molecule has 4 heteroatoms. The van der Waals surface area contributed by atoms with Crippen molar-refractivity contribution < 1.29 is 9.53 Å². The van der Waals surface area contributed by atoms with E-state index in [1.165, 1.54) is 11.3 Å². The van der Waals surface area contributed by atoms with Gasteiger partial charge in [-0.05, 0) is 43.5 Å². The van der Waals surface area contributed by atoms with Gasteiger partial charge in [-0.25, -0.2) is 0 Å². The van der Waals surface area contributed by atoms with Gasteiger partial charge in [-0.2, -0.15) is 0 Å². The van der Waals surface area contributed by atoms with E-state index in [9.17, 15) is 4.79 Å². The van der Waals surface area contributed by atoms with E-state index in [0.717, 1.165) is 51.3 Å². The molecule has 1 aromatic rings. The van der Waals surface area contributed by atoms with Gasteiger partial charge in [-0.1, -0.05) is 0 Å². The van der Waals surface area contributed by atoms with E-state index in [-0.39, 0.29) is 5.91 Å². The highest BCUT2D eigenvalue weighted by Gasteiger charge is 2.23. The van der Waals surface area contributed by atoms with E-state index >= 15 is 0 Å². The lowest BCUT2D eigenvalue weighted by atomic mass is 10.1. The van der Waals surface area contributed by atoms with Crippen LogP contribution >= 0.6 is 0 Å². The molecule has 0 bridgehead atoms. The molecule has 4 nitrogen and oxygen atoms in total. The van der Waals surface area contributed by atoms with Gasteiger partial charge in [0.1, 0.15) is 0 Å². The molecule has 0 radical (unpaired) electrons. The monoisotopic (exact) mass is 274 g/mol. The fourth-order valence-corrected chi connectivity index (χ4v) is 3.02. The summed E-state index contributed by atoms with van der Waals surface area (Å²) >= 11 is 0. The molecule has 0 aromatic heterocycles. The molecule has 2 aliphatic heterocycles. The van der Waals surface area contributed by atoms with E-state index in [2.05, 4.69) is 5.32 Å². The molecule has 3 rings (SSSR count). The summed E-state index contributed by atoms with van der Waals surface area (Å²) in [5, 5.41) is 3.33. The number of rotatable bonds is 4. The molecule has 1 N–H and O–H groups in total. The quantitative estimate of drug-likeness (QED) is 0.914. The Labute approximate surface area is 120 Å². The SMILES string of the molecule is CCN(C[C@@H]1CCOC1)C(=O)c1ccc2c(c1)CCN2. The predicted octanol–water partition coefficient (Wildman–Crippen LogP) is 2.15. The van der Waals surface area contributed by atoms with Gasteiger partial charge in [0.15, 0.2) is 0 Å². The Bertz CT molecular complexity index is 495. The Morgan fingerprint density at radius 2 is 2.40 bits per heavy atom. The fourth-order valence-electron chi connectivity index (χ4n) is 3.02. The predicted molar refractivity (Wildman–Crippen MR) is 79.1 cm³/mol. The zero-order chi connectivity index (χ0) is 13.9. The van der Waals surface area contributed by atoms with Crippen LogP contribution in [-0.4, -0.2) is 43.7 Å². The molecule has 1 fully saturated rings. The third-order valence-corrected chi connectivity index (χ3v) is 4.23. The number of nitrogens with one attached hydrogen (secondary N) is 1. The Morgan fingerprint density at radius 1 is 1.50 bits per heavy atom. The van der Waals surface area contributed by atoms with Crippen molar-refractivity contribution in [2.45, 2.75) is 19.8 Å². The van der Waals surface area contributed by atoms with E-state index in [0.29, 0.717) is 5.92 Å². The maximum absolute atomic E-state index is 12.6. The van der Waals surface area contributed by atoms with Crippen LogP contribution in [0.2, 0.25) is 0 Å². The smallest absolute Gasteiger partial charge is 0.253 e. The molecule has 0 saturated carbocycles. The number of carbonyl (C=O) groups is 1. The van der Waals surface area contributed by atoms with Gasteiger partial charge < -0.3 is 15.0 Å². The van der Waals surface area contributed by atoms with E-state index in [1.54, 1.807) is 0 Å². The zero-order valence-electron chi connectivity index (χ0n) is 12.0. The largest absolute Gasteiger partial charge is 0.384 e. The maximum atomic E-state index is 12.6. The lowest BCUT2D eigenvalue weighted by Crippen LogP contribution is -2.35. The lowest BCUT2D eigenvalue weighted by Gasteiger charge is -2.24. The first-order valence-corrected chi connectivity index (χ1v) is 7.51. The van der Waals surface area contributed by atoms with Gasteiger partial charge in [0, 0.05) is 43.4 Å². The molecule has 20 heavy (non-hydrogen) atoms. The van der Waals surface area contributed by atoms with Gasteiger partial charge >= 0.3 is 0 Å². The zero-order valence-corrected chi connectivity index (χ0v) is 12.0. The first-order valence-electron chi connectivity index (χ1n) is 7.51. The van der Waals surface area contributed by atoms with Crippen LogP contribution in [0.4, 0.5) is 5.69 Å². The van der Waals surface area contributed by atoms with Crippen LogP contribution < -0.4 is 5.32 Å². The van der Waals surface area contributed by atoms with Gasteiger partial charge in [-0.15, -0.1) is 0 Å². The average Bonchev–Trinajstić information content (AvgIpc) is 3.14. The molecule has 1 aromatic carbocycles. The van der Waals surface area contributed by atoms with Crippen molar-refractivity contribution in [2.24, 2.45) is 5.92 Å². The Hall–Kier alpha value is -1.55. The van der Waals surface area contributed by atoms with Crippen molar-refractivity contribution in [3.05, 3.63) is 29.3 Å². The number of hydrogen-bond donors (Lipinski definition) is 1. The van der Waals surface area contributed by atoms with Crippen molar-refractivity contribution in [1.82, 2.24) is 4.90 Å². The number of hydrogen-bond acceptors (Lipinski definition) is 3. The molecule has 1 amide bonds. The minimum absolute atomic E-state index is 0.147. The lowest BCUT2D eigenvalue weighted by molar-refractivity contribution is 0.0731. The summed E-state index contributed by atoms with van der Waals surface area (Å²) in [5.74, 6) is 0.643. The van der Waals surface area contributed by atoms with Crippen LogP contribution in [-0.2, 0) is 11.2 Å². The topological polar surface area (TPSA) is 41.6 Å². The summed E-state index contributed by atoms with van der Waals surface area (Å²) in [6, 6.07) is 6.01. The molecule has 0 aliphatic carbocycles. The van der Waals surface area contributed by atoms with Gasteiger partial charge in [0.05, 0.1) is 6.61 Å². The maximum Gasteiger partial charge on any atom is 0.253 e. The van der Waals surface area contributed by atoms with Crippen LogP contribution in [0.3, 0.4) is 0 Å². The number of fused-ring (bicyclic) bond motifs is 1. The summed E-state index contributed by atoms with van der Waals surface area (Å²) in [7, 11) is 0. The van der Waals surface area contributed by atoms with Gasteiger partial charge in [-0.3, -0.25) is 4.79 Å². The van der Waals surface area contributed by atoms with E-state index in [1.807, 2.05) is 30.0 Å². The summed E-state index contributed by atoms with van der Waals surface area (Å²) in [5.41, 5.74) is 3.25. The Kier molecular flexibility index (Phi) is 3.92. The highest BCUT2D eigenvalue weighted by Crippen LogP contribution is 2.24. The molecule has 108 valence electrons. The van der Waals surface area contributed by atoms with Crippen LogP contribution in [0.5, 0.6) is 0 Å². The van der Waals surface area contributed by atoms with Crippen LogP contribution in [0.1, 0.15) is 29.3 Å². The minimum Gasteiger partial charge on any atom is -0.384 e. The molecule has 0 spiro atoms. The number of benzene rings is 1. The number of carbonyl (C=O) groups excluding carboxylic acids is 1. The number of ether oxygens (including phenoxy) is 1. The summed E-state index contributed by atoms with van der Waals surface area (Å²) < 4.78 is 5.40. The summed E-state index contributed by atoms with van der Waals surface area (Å²) in [6.45, 7) is 6.21. The second kappa shape index (κ2) is 5.83. The molecule has 0 unspecified atom stereocenters.